The summed E-state index contributed by atoms with van der Waals surface area (Å²) >= 11 is 0. The number of rotatable bonds is 6. The molecule has 37 heavy (non-hydrogen) atoms. The third-order valence-corrected chi connectivity index (χ3v) is 7.50. The predicted molar refractivity (Wildman–Crippen MR) is 150 cm³/mol. The van der Waals surface area contributed by atoms with E-state index in [0.29, 0.717) is 5.92 Å². The SMILES string of the molecule is CC(C)c1cc(-c2cccc(/C=C(/c3ccc(S(C)(=O)=O)cc3)c3cncnc3)c2)c2ncccc2c1. The van der Waals surface area contributed by atoms with Gasteiger partial charge in [-0.1, -0.05) is 50.2 Å². The second-order valence-electron chi connectivity index (χ2n) is 9.41. The van der Waals surface area contributed by atoms with Gasteiger partial charge in [0.2, 0.25) is 0 Å². The van der Waals surface area contributed by atoms with Crippen LogP contribution in [0.2, 0.25) is 0 Å². The first-order valence-electron chi connectivity index (χ1n) is 12.1. The molecule has 0 spiro atoms. The van der Waals surface area contributed by atoms with E-state index in [1.54, 1.807) is 24.5 Å². The first kappa shape index (κ1) is 24.5. The highest BCUT2D eigenvalue weighted by atomic mass is 32.2. The lowest BCUT2D eigenvalue weighted by Crippen LogP contribution is -1.97. The third kappa shape index (κ3) is 5.34. The van der Waals surface area contributed by atoms with Crippen LogP contribution in [-0.4, -0.2) is 29.6 Å². The molecular weight excluding hydrogens is 478 g/mol. The standard InChI is InChI=1S/C31H27N3O2S/c1-21(2)26-16-25-8-5-13-34-31(25)30(17-26)24-7-4-6-22(14-24)15-29(27-18-32-20-33-19-27)23-9-11-28(12-10-23)37(3,35)36/h4-21H,1-3H3/b29-15-. The van der Waals surface area contributed by atoms with Crippen molar-refractivity contribution in [1.29, 1.82) is 0 Å². The summed E-state index contributed by atoms with van der Waals surface area (Å²) in [4.78, 5) is 13.4. The smallest absolute Gasteiger partial charge is 0.175 e. The minimum absolute atomic E-state index is 0.284. The highest BCUT2D eigenvalue weighted by molar-refractivity contribution is 7.90. The number of nitrogens with zero attached hydrogens (tertiary/aromatic N) is 3. The molecule has 3 aromatic carbocycles. The topological polar surface area (TPSA) is 72.8 Å². The fourth-order valence-electron chi connectivity index (χ4n) is 4.38. The molecule has 5 aromatic rings. The van der Waals surface area contributed by atoms with Crippen LogP contribution in [-0.2, 0) is 9.84 Å². The number of sulfone groups is 1. The van der Waals surface area contributed by atoms with Crippen LogP contribution in [0.1, 0.15) is 42.0 Å². The summed E-state index contributed by atoms with van der Waals surface area (Å²) < 4.78 is 23.9. The van der Waals surface area contributed by atoms with E-state index in [0.717, 1.165) is 44.3 Å². The Morgan fingerprint density at radius 3 is 2.32 bits per heavy atom. The van der Waals surface area contributed by atoms with Crippen molar-refractivity contribution in [3.63, 3.8) is 0 Å². The van der Waals surface area contributed by atoms with E-state index in [9.17, 15) is 8.42 Å². The van der Waals surface area contributed by atoms with Crippen molar-refractivity contribution in [2.45, 2.75) is 24.7 Å². The van der Waals surface area contributed by atoms with Gasteiger partial charge in [-0.15, -0.1) is 0 Å². The molecule has 0 aliphatic carbocycles. The van der Waals surface area contributed by atoms with Gasteiger partial charge in [0.25, 0.3) is 0 Å². The second kappa shape index (κ2) is 10.1. The summed E-state index contributed by atoms with van der Waals surface area (Å²) in [6.45, 7) is 4.40. The monoisotopic (exact) mass is 505 g/mol. The minimum atomic E-state index is -3.28. The molecule has 0 saturated heterocycles. The quantitative estimate of drug-likeness (QED) is 0.237. The van der Waals surface area contributed by atoms with Gasteiger partial charge in [-0.25, -0.2) is 18.4 Å². The molecule has 0 amide bonds. The minimum Gasteiger partial charge on any atom is -0.256 e. The largest absolute Gasteiger partial charge is 0.256 e. The van der Waals surface area contributed by atoms with Gasteiger partial charge in [0.05, 0.1) is 10.4 Å². The van der Waals surface area contributed by atoms with Crippen LogP contribution in [0.5, 0.6) is 0 Å². The molecule has 2 heterocycles. The van der Waals surface area contributed by atoms with E-state index < -0.39 is 9.84 Å². The van der Waals surface area contributed by atoms with Crippen LogP contribution in [0.3, 0.4) is 0 Å². The zero-order valence-electron chi connectivity index (χ0n) is 21.0. The second-order valence-corrected chi connectivity index (χ2v) is 11.4. The van der Waals surface area contributed by atoms with Crippen molar-refractivity contribution in [1.82, 2.24) is 15.0 Å². The predicted octanol–water partition coefficient (Wildman–Crippen LogP) is 6.81. The number of aromatic nitrogens is 3. The van der Waals surface area contributed by atoms with Crippen molar-refractivity contribution in [2.24, 2.45) is 0 Å². The summed E-state index contributed by atoms with van der Waals surface area (Å²) in [5.74, 6) is 0.394. The fourth-order valence-corrected chi connectivity index (χ4v) is 5.02. The Morgan fingerprint density at radius 2 is 1.62 bits per heavy atom. The molecule has 0 fully saturated rings. The van der Waals surface area contributed by atoms with E-state index in [2.05, 4.69) is 66.3 Å². The Kier molecular flexibility index (Phi) is 6.68. The van der Waals surface area contributed by atoms with Crippen LogP contribution in [0.25, 0.3) is 33.7 Å². The number of fused-ring (bicyclic) bond motifs is 1. The maximum Gasteiger partial charge on any atom is 0.175 e. The van der Waals surface area contributed by atoms with Crippen LogP contribution in [0.15, 0.2) is 103 Å². The van der Waals surface area contributed by atoms with Crippen molar-refractivity contribution >= 4 is 32.4 Å². The lowest BCUT2D eigenvalue weighted by Gasteiger charge is -2.13. The summed E-state index contributed by atoms with van der Waals surface area (Å²) in [6.07, 6.45) is 10.1. The summed E-state index contributed by atoms with van der Waals surface area (Å²) in [6, 6.07) is 23.8. The molecule has 0 unspecified atom stereocenters. The maximum atomic E-state index is 12.0. The molecule has 0 radical (unpaired) electrons. The lowest BCUT2D eigenvalue weighted by atomic mass is 9.92. The van der Waals surface area contributed by atoms with Gasteiger partial charge in [0.1, 0.15) is 6.33 Å². The van der Waals surface area contributed by atoms with Gasteiger partial charge < -0.3 is 0 Å². The molecule has 0 aliphatic heterocycles. The Bertz CT molecular complexity index is 1710. The van der Waals surface area contributed by atoms with Crippen molar-refractivity contribution in [3.8, 4) is 11.1 Å². The zero-order valence-corrected chi connectivity index (χ0v) is 21.8. The fraction of sp³-hybridized carbons (Fsp3) is 0.129. The maximum absolute atomic E-state index is 12.0. The highest BCUT2D eigenvalue weighted by Gasteiger charge is 2.13. The molecule has 0 aliphatic rings. The van der Waals surface area contributed by atoms with Crippen molar-refractivity contribution in [2.75, 3.05) is 6.26 Å². The van der Waals surface area contributed by atoms with E-state index in [4.69, 9.17) is 4.98 Å². The Balaban J connectivity index is 1.65. The number of benzene rings is 3. The van der Waals surface area contributed by atoms with Crippen molar-refractivity contribution < 1.29 is 8.42 Å². The van der Waals surface area contributed by atoms with Gasteiger partial charge >= 0.3 is 0 Å². The normalized spacial score (nSPS) is 12.3. The third-order valence-electron chi connectivity index (χ3n) is 6.37. The molecule has 0 N–H and O–H groups in total. The van der Waals surface area contributed by atoms with Gasteiger partial charge in [-0.3, -0.25) is 4.98 Å². The van der Waals surface area contributed by atoms with E-state index in [1.807, 2.05) is 30.5 Å². The Hall–Kier alpha value is -4.16. The van der Waals surface area contributed by atoms with Crippen molar-refractivity contribution in [3.05, 3.63) is 120 Å². The van der Waals surface area contributed by atoms with E-state index in [-0.39, 0.29) is 4.90 Å². The van der Waals surface area contributed by atoms with Gasteiger partial charge in [0, 0.05) is 41.4 Å². The average molecular weight is 506 g/mol. The highest BCUT2D eigenvalue weighted by Crippen LogP contribution is 2.33. The molecule has 0 bridgehead atoms. The van der Waals surface area contributed by atoms with E-state index >= 15 is 0 Å². The molecule has 0 atom stereocenters. The average Bonchev–Trinajstić information content (AvgIpc) is 2.91. The molecule has 5 nitrogen and oxygen atoms in total. The summed E-state index contributed by atoms with van der Waals surface area (Å²) in [5, 5.41) is 1.12. The van der Waals surface area contributed by atoms with Crippen LogP contribution < -0.4 is 0 Å². The number of hydrogen-bond donors (Lipinski definition) is 0. The molecule has 0 saturated carbocycles. The van der Waals surface area contributed by atoms with Gasteiger partial charge in [-0.05, 0) is 76.2 Å². The zero-order chi connectivity index (χ0) is 26.0. The molecule has 6 heteroatoms. The van der Waals surface area contributed by atoms with E-state index in [1.165, 1.54) is 18.1 Å². The van der Waals surface area contributed by atoms with Crippen LogP contribution >= 0.6 is 0 Å². The molecule has 2 aromatic heterocycles. The molecule has 5 rings (SSSR count). The number of hydrogen-bond acceptors (Lipinski definition) is 5. The van der Waals surface area contributed by atoms with Crippen LogP contribution in [0, 0.1) is 0 Å². The summed E-state index contributed by atoms with van der Waals surface area (Å²) in [7, 11) is -3.28. The van der Waals surface area contributed by atoms with Gasteiger partial charge in [-0.2, -0.15) is 0 Å². The first-order valence-corrected chi connectivity index (χ1v) is 14.0. The van der Waals surface area contributed by atoms with Crippen LogP contribution in [0.4, 0.5) is 0 Å². The summed E-state index contributed by atoms with van der Waals surface area (Å²) in [5.41, 5.74) is 8.04. The molecular formula is C31H27N3O2S. The number of pyridine rings is 1. The first-order chi connectivity index (χ1) is 17.8. The Labute approximate surface area is 217 Å². The Morgan fingerprint density at radius 1 is 0.865 bits per heavy atom. The lowest BCUT2D eigenvalue weighted by molar-refractivity contribution is 0.602. The van der Waals surface area contributed by atoms with Gasteiger partial charge in [0.15, 0.2) is 9.84 Å². The molecule has 184 valence electrons.